The number of nitrogens with zero attached hydrogens (tertiary/aromatic N) is 3. The maximum absolute atomic E-state index is 8.13. The quantitative estimate of drug-likeness (QED) is 0.350. The maximum Gasteiger partial charge on any atom is 0.0260 e. The fraction of sp³-hybridized carbons (Fsp3) is 1.00. The van der Waals surface area contributed by atoms with E-state index in [9.17, 15) is 0 Å². The number of rotatable bonds is 3. The van der Waals surface area contributed by atoms with E-state index in [1.54, 1.807) is 0 Å². The molecule has 3 heteroatoms. The Morgan fingerprint density at radius 3 is 2.83 bits per heavy atom. The van der Waals surface area contributed by atoms with Gasteiger partial charge >= 0.3 is 0 Å². The molecule has 0 aromatic rings. The lowest BCUT2D eigenvalue weighted by molar-refractivity contribution is 0.318. The van der Waals surface area contributed by atoms with Crippen molar-refractivity contribution in [1.29, 1.82) is 0 Å². The molecule has 0 N–H and O–H groups in total. The summed E-state index contributed by atoms with van der Waals surface area (Å²) in [5, 5.41) is 3.60. The summed E-state index contributed by atoms with van der Waals surface area (Å²) in [6.45, 7) is 0.713. The SMILES string of the molecule is [N-]=[N+]=NCCC1CC2CCC1C2. The minimum absolute atomic E-state index is 0.713. The van der Waals surface area contributed by atoms with E-state index in [1.165, 1.54) is 25.7 Å². The lowest BCUT2D eigenvalue weighted by Crippen LogP contribution is -2.11. The molecule has 2 aliphatic carbocycles. The lowest BCUT2D eigenvalue weighted by atomic mass is 9.86. The molecule has 0 saturated heterocycles. The van der Waals surface area contributed by atoms with Crippen LogP contribution in [0.4, 0.5) is 0 Å². The van der Waals surface area contributed by atoms with Crippen LogP contribution in [0.5, 0.6) is 0 Å². The van der Waals surface area contributed by atoms with Gasteiger partial charge in [-0.2, -0.15) is 0 Å². The fourth-order valence-corrected chi connectivity index (χ4v) is 3.00. The van der Waals surface area contributed by atoms with Crippen molar-refractivity contribution in [3.8, 4) is 0 Å². The third kappa shape index (κ3) is 1.42. The predicted molar refractivity (Wildman–Crippen MR) is 47.6 cm³/mol. The third-order valence-electron chi connectivity index (χ3n) is 3.55. The molecule has 12 heavy (non-hydrogen) atoms. The van der Waals surface area contributed by atoms with Crippen LogP contribution in [0.15, 0.2) is 5.11 Å². The van der Waals surface area contributed by atoms with Gasteiger partial charge in [-0.15, -0.1) is 0 Å². The zero-order valence-electron chi connectivity index (χ0n) is 7.32. The van der Waals surface area contributed by atoms with Crippen molar-refractivity contribution in [3.05, 3.63) is 10.4 Å². The normalized spacial score (nSPS) is 38.2. The molecule has 0 amide bonds. The van der Waals surface area contributed by atoms with Gasteiger partial charge in [0.15, 0.2) is 0 Å². The molecule has 0 aliphatic heterocycles. The van der Waals surface area contributed by atoms with Crippen LogP contribution in [0.3, 0.4) is 0 Å². The molecule has 0 radical (unpaired) electrons. The Bertz CT molecular complexity index is 208. The van der Waals surface area contributed by atoms with E-state index in [0.29, 0.717) is 6.54 Å². The minimum Gasteiger partial charge on any atom is -0.0940 e. The smallest absolute Gasteiger partial charge is 0.0260 e. The highest BCUT2D eigenvalue weighted by atomic mass is 15.1. The molecule has 0 aromatic carbocycles. The van der Waals surface area contributed by atoms with Gasteiger partial charge in [-0.05, 0) is 49.0 Å². The summed E-state index contributed by atoms with van der Waals surface area (Å²) in [5.41, 5.74) is 8.13. The second-order valence-corrected chi connectivity index (χ2v) is 4.18. The molecule has 2 saturated carbocycles. The average Bonchev–Trinajstić information content (AvgIpc) is 2.65. The van der Waals surface area contributed by atoms with Gasteiger partial charge in [-0.1, -0.05) is 11.5 Å². The largest absolute Gasteiger partial charge is 0.0940 e. The Hall–Kier alpha value is -0.690. The van der Waals surface area contributed by atoms with Gasteiger partial charge in [0.2, 0.25) is 0 Å². The van der Waals surface area contributed by atoms with Crippen molar-refractivity contribution in [1.82, 2.24) is 0 Å². The second-order valence-electron chi connectivity index (χ2n) is 4.18. The van der Waals surface area contributed by atoms with E-state index in [4.69, 9.17) is 5.53 Å². The van der Waals surface area contributed by atoms with Crippen LogP contribution in [-0.2, 0) is 0 Å². The number of azide groups is 1. The number of hydrogen-bond acceptors (Lipinski definition) is 1. The summed E-state index contributed by atoms with van der Waals surface area (Å²) in [7, 11) is 0. The average molecular weight is 165 g/mol. The summed E-state index contributed by atoms with van der Waals surface area (Å²) in [5.74, 6) is 2.88. The highest BCUT2D eigenvalue weighted by Crippen LogP contribution is 2.49. The van der Waals surface area contributed by atoms with E-state index < -0.39 is 0 Å². The summed E-state index contributed by atoms with van der Waals surface area (Å²) in [4.78, 5) is 2.78. The van der Waals surface area contributed by atoms with Crippen molar-refractivity contribution < 1.29 is 0 Å². The van der Waals surface area contributed by atoms with Gasteiger partial charge in [0, 0.05) is 11.5 Å². The Balaban J connectivity index is 1.79. The van der Waals surface area contributed by atoms with Crippen LogP contribution in [0.25, 0.3) is 10.4 Å². The molecule has 0 spiro atoms. The van der Waals surface area contributed by atoms with Crippen LogP contribution in [-0.4, -0.2) is 6.54 Å². The zero-order valence-corrected chi connectivity index (χ0v) is 7.32. The van der Waals surface area contributed by atoms with Gasteiger partial charge in [-0.25, -0.2) is 0 Å². The molecule has 66 valence electrons. The van der Waals surface area contributed by atoms with Gasteiger partial charge < -0.3 is 0 Å². The van der Waals surface area contributed by atoms with Gasteiger partial charge in [0.25, 0.3) is 0 Å². The predicted octanol–water partition coefficient (Wildman–Crippen LogP) is 3.12. The number of fused-ring (bicyclic) bond motifs is 2. The molecular weight excluding hydrogens is 150 g/mol. The van der Waals surface area contributed by atoms with Crippen LogP contribution in [0.2, 0.25) is 0 Å². The molecule has 2 rings (SSSR count). The Morgan fingerprint density at radius 1 is 1.33 bits per heavy atom. The summed E-state index contributed by atoms with van der Waals surface area (Å²) < 4.78 is 0. The van der Waals surface area contributed by atoms with E-state index in [2.05, 4.69) is 10.0 Å². The topological polar surface area (TPSA) is 48.8 Å². The minimum atomic E-state index is 0.713. The van der Waals surface area contributed by atoms with E-state index in [-0.39, 0.29) is 0 Å². The van der Waals surface area contributed by atoms with Gasteiger partial charge in [-0.3, -0.25) is 0 Å². The first-order valence-electron chi connectivity index (χ1n) is 4.91. The molecule has 2 bridgehead atoms. The Kier molecular flexibility index (Phi) is 2.22. The number of hydrogen-bond donors (Lipinski definition) is 0. The van der Waals surface area contributed by atoms with Crippen LogP contribution in [0.1, 0.15) is 32.1 Å². The van der Waals surface area contributed by atoms with E-state index in [1.807, 2.05) is 0 Å². The molecule has 2 fully saturated rings. The van der Waals surface area contributed by atoms with Crippen LogP contribution >= 0.6 is 0 Å². The molecule has 2 aliphatic rings. The molecule has 3 atom stereocenters. The first kappa shape index (κ1) is 7.93. The molecule has 3 unspecified atom stereocenters. The molecule has 0 heterocycles. The first-order valence-corrected chi connectivity index (χ1v) is 4.91. The van der Waals surface area contributed by atoms with Crippen molar-refractivity contribution in [2.24, 2.45) is 22.9 Å². The summed E-state index contributed by atoms with van der Waals surface area (Å²) in [6, 6.07) is 0. The summed E-state index contributed by atoms with van der Waals surface area (Å²) in [6.07, 6.45) is 6.89. The van der Waals surface area contributed by atoms with Crippen LogP contribution < -0.4 is 0 Å². The standard InChI is InChI=1S/C9H15N3/c10-12-11-4-3-9-6-7-1-2-8(9)5-7/h7-9H,1-6H2. The van der Waals surface area contributed by atoms with E-state index >= 15 is 0 Å². The Labute approximate surface area is 72.8 Å². The van der Waals surface area contributed by atoms with Crippen LogP contribution in [0, 0.1) is 17.8 Å². The monoisotopic (exact) mass is 165 g/mol. The molecule has 0 aromatic heterocycles. The van der Waals surface area contributed by atoms with E-state index in [0.717, 1.165) is 24.2 Å². The zero-order chi connectivity index (χ0) is 8.39. The van der Waals surface area contributed by atoms with Crippen molar-refractivity contribution >= 4 is 0 Å². The molecule has 3 nitrogen and oxygen atoms in total. The van der Waals surface area contributed by atoms with Crippen molar-refractivity contribution in [3.63, 3.8) is 0 Å². The lowest BCUT2D eigenvalue weighted by Gasteiger charge is -2.20. The Morgan fingerprint density at radius 2 is 2.25 bits per heavy atom. The molecular formula is C9H15N3. The maximum atomic E-state index is 8.13. The highest BCUT2D eigenvalue weighted by Gasteiger charge is 2.38. The second kappa shape index (κ2) is 3.36. The van der Waals surface area contributed by atoms with Crippen molar-refractivity contribution in [2.45, 2.75) is 32.1 Å². The van der Waals surface area contributed by atoms with Crippen molar-refractivity contribution in [2.75, 3.05) is 6.54 Å². The van der Waals surface area contributed by atoms with Gasteiger partial charge in [0.1, 0.15) is 0 Å². The van der Waals surface area contributed by atoms with Gasteiger partial charge in [0.05, 0.1) is 0 Å². The first-order chi connectivity index (χ1) is 5.90. The highest BCUT2D eigenvalue weighted by molar-refractivity contribution is 4.89. The summed E-state index contributed by atoms with van der Waals surface area (Å²) >= 11 is 0. The third-order valence-corrected chi connectivity index (χ3v) is 3.55. The fourth-order valence-electron chi connectivity index (χ4n) is 3.00.